The lowest BCUT2D eigenvalue weighted by molar-refractivity contribution is -0.156. The van der Waals surface area contributed by atoms with Crippen molar-refractivity contribution in [3.05, 3.63) is 11.8 Å². The van der Waals surface area contributed by atoms with Crippen molar-refractivity contribution in [2.75, 3.05) is 6.61 Å². The van der Waals surface area contributed by atoms with Gasteiger partial charge in [-0.15, -0.1) is 0 Å². The van der Waals surface area contributed by atoms with Gasteiger partial charge < -0.3 is 14.3 Å². The number of aliphatic hydroxyl groups excluding tert-OH is 1. The second kappa shape index (κ2) is 8.38. The number of carbonyl (C=O) groups is 1. The van der Waals surface area contributed by atoms with Crippen molar-refractivity contribution in [1.82, 2.24) is 0 Å². The van der Waals surface area contributed by atoms with Gasteiger partial charge in [0.15, 0.2) is 6.10 Å². The van der Waals surface area contributed by atoms with Crippen LogP contribution in [0, 0.1) is 5.92 Å². The number of carbonyl (C=O) groups excluding carboxylic acids is 1. The van der Waals surface area contributed by atoms with E-state index in [1.54, 1.807) is 6.92 Å². The molecule has 0 fully saturated rings. The topological polar surface area (TPSA) is 55.8 Å². The predicted octanol–water partition coefficient (Wildman–Crippen LogP) is 3.08. The van der Waals surface area contributed by atoms with E-state index in [4.69, 9.17) is 9.16 Å². The number of allylic oxidation sites excluding steroid dienone is 1. The summed E-state index contributed by atoms with van der Waals surface area (Å²) in [6.45, 7) is 12.2. The van der Waals surface area contributed by atoms with Crippen LogP contribution in [0.5, 0.6) is 0 Å². The third kappa shape index (κ3) is 7.37. The van der Waals surface area contributed by atoms with Gasteiger partial charge in [0.25, 0.3) is 0 Å². The van der Waals surface area contributed by atoms with Gasteiger partial charge in [0, 0.05) is 5.92 Å². The van der Waals surface area contributed by atoms with E-state index in [9.17, 15) is 9.90 Å². The number of aliphatic hydroxyl groups is 1. The monoisotopic (exact) mass is 288 g/mol. The van der Waals surface area contributed by atoms with Gasteiger partial charge in [0.2, 0.25) is 8.32 Å². The second-order valence-corrected chi connectivity index (χ2v) is 10.1. The highest BCUT2D eigenvalue weighted by molar-refractivity contribution is 6.70. The quantitative estimate of drug-likeness (QED) is 0.323. The van der Waals surface area contributed by atoms with Crippen molar-refractivity contribution in [3.63, 3.8) is 0 Å². The summed E-state index contributed by atoms with van der Waals surface area (Å²) in [5, 5.41) is 10.0. The molecule has 0 aromatic carbocycles. The zero-order valence-corrected chi connectivity index (χ0v) is 14.0. The number of esters is 1. The van der Waals surface area contributed by atoms with Crippen LogP contribution in [0.4, 0.5) is 0 Å². The van der Waals surface area contributed by atoms with Crippen LogP contribution in [0.15, 0.2) is 11.8 Å². The third-order valence-electron chi connectivity index (χ3n) is 2.61. The largest absolute Gasteiger partial charge is 0.547 e. The fraction of sp³-hybridized carbons (Fsp3) is 0.786. The highest BCUT2D eigenvalue weighted by atomic mass is 28.4. The molecular formula is C14H28O4Si. The van der Waals surface area contributed by atoms with Crippen molar-refractivity contribution >= 4 is 14.3 Å². The molecule has 19 heavy (non-hydrogen) atoms. The van der Waals surface area contributed by atoms with Gasteiger partial charge in [-0.05, 0) is 33.0 Å². The summed E-state index contributed by atoms with van der Waals surface area (Å²) in [6.07, 6.45) is 2.41. The van der Waals surface area contributed by atoms with Gasteiger partial charge >= 0.3 is 5.97 Å². The lowest BCUT2D eigenvalue weighted by atomic mass is 10.0. The van der Waals surface area contributed by atoms with E-state index >= 15 is 0 Å². The van der Waals surface area contributed by atoms with E-state index in [-0.39, 0.29) is 5.92 Å². The summed E-state index contributed by atoms with van der Waals surface area (Å²) < 4.78 is 10.9. The molecule has 0 aliphatic carbocycles. The van der Waals surface area contributed by atoms with Gasteiger partial charge in [-0.2, -0.15) is 0 Å². The molecule has 0 aromatic heterocycles. The van der Waals surface area contributed by atoms with Crippen LogP contribution in [-0.2, 0) is 14.0 Å². The molecule has 0 radical (unpaired) electrons. The molecule has 5 heteroatoms. The Morgan fingerprint density at radius 1 is 1.37 bits per heavy atom. The molecule has 0 rings (SSSR count). The Kier molecular flexibility index (Phi) is 8.02. The molecule has 0 heterocycles. The Balaban J connectivity index is 4.52. The summed E-state index contributed by atoms with van der Waals surface area (Å²) >= 11 is 0. The zero-order chi connectivity index (χ0) is 15.1. The Bertz CT molecular complexity index is 307. The Morgan fingerprint density at radius 2 is 1.95 bits per heavy atom. The first-order valence-electron chi connectivity index (χ1n) is 6.92. The molecule has 0 aliphatic rings. The minimum atomic E-state index is -1.75. The summed E-state index contributed by atoms with van der Waals surface area (Å²) in [7, 11) is -1.75. The third-order valence-corrected chi connectivity index (χ3v) is 3.46. The zero-order valence-electron chi connectivity index (χ0n) is 13.0. The van der Waals surface area contributed by atoms with Crippen molar-refractivity contribution in [2.24, 2.45) is 5.92 Å². The van der Waals surface area contributed by atoms with E-state index in [1.165, 1.54) is 0 Å². The summed E-state index contributed by atoms with van der Waals surface area (Å²) in [5.41, 5.74) is 0. The molecule has 0 unspecified atom stereocenters. The standard InChI is InChI=1S/C14H28O4Si/c1-7-9-10-17-14(16)13(15)11(3)12(8-2)18-19(4,5)6/h8,11,13,15H,7,9-10H2,1-6H3/b12-8-/t11-,13+/m0/s1. The summed E-state index contributed by atoms with van der Waals surface area (Å²) in [5.74, 6) is -0.288. The van der Waals surface area contributed by atoms with Crippen molar-refractivity contribution in [3.8, 4) is 0 Å². The highest BCUT2D eigenvalue weighted by Crippen LogP contribution is 2.21. The molecule has 0 spiro atoms. The first kappa shape index (κ1) is 18.2. The SMILES string of the molecule is C/C=C(\O[Si](C)(C)C)[C@H](C)[C@@H](O)C(=O)OCCCC. The number of hydrogen-bond donors (Lipinski definition) is 1. The average Bonchev–Trinajstić information content (AvgIpc) is 2.33. The fourth-order valence-corrected chi connectivity index (χ4v) is 2.54. The van der Waals surface area contributed by atoms with E-state index in [2.05, 4.69) is 19.6 Å². The molecule has 0 saturated carbocycles. The molecule has 0 bridgehead atoms. The average molecular weight is 288 g/mol. The van der Waals surface area contributed by atoms with Gasteiger partial charge in [-0.1, -0.05) is 26.3 Å². The molecule has 0 saturated heterocycles. The molecule has 0 aromatic rings. The van der Waals surface area contributed by atoms with Crippen molar-refractivity contribution in [1.29, 1.82) is 0 Å². The smallest absolute Gasteiger partial charge is 0.335 e. The first-order valence-corrected chi connectivity index (χ1v) is 10.3. The van der Waals surface area contributed by atoms with Gasteiger partial charge in [-0.3, -0.25) is 0 Å². The second-order valence-electron chi connectivity index (χ2n) is 5.66. The highest BCUT2D eigenvalue weighted by Gasteiger charge is 2.30. The van der Waals surface area contributed by atoms with Crippen LogP contribution < -0.4 is 0 Å². The maximum atomic E-state index is 11.7. The Hall–Kier alpha value is -0.813. The molecule has 0 aliphatic heterocycles. The lowest BCUT2D eigenvalue weighted by Crippen LogP contribution is -2.35. The van der Waals surface area contributed by atoms with E-state index in [1.807, 2.05) is 19.9 Å². The van der Waals surface area contributed by atoms with Crippen molar-refractivity contribution in [2.45, 2.75) is 59.4 Å². The maximum Gasteiger partial charge on any atom is 0.335 e. The number of hydrogen-bond acceptors (Lipinski definition) is 4. The van der Waals surface area contributed by atoms with Gasteiger partial charge in [0.05, 0.1) is 12.4 Å². The molecule has 4 nitrogen and oxygen atoms in total. The minimum absolute atomic E-state index is 0.360. The Labute approximate surface area is 117 Å². The first-order chi connectivity index (χ1) is 8.72. The van der Waals surface area contributed by atoms with Gasteiger partial charge in [-0.25, -0.2) is 4.79 Å². The normalized spacial score (nSPS) is 15.8. The van der Waals surface area contributed by atoms with Crippen LogP contribution in [0.3, 0.4) is 0 Å². The molecular weight excluding hydrogens is 260 g/mol. The Morgan fingerprint density at radius 3 is 2.37 bits per heavy atom. The van der Waals surface area contributed by atoms with Crippen LogP contribution in [0.2, 0.25) is 19.6 Å². The molecule has 0 amide bonds. The fourth-order valence-electron chi connectivity index (χ4n) is 1.53. The van der Waals surface area contributed by atoms with Crippen LogP contribution in [0.25, 0.3) is 0 Å². The van der Waals surface area contributed by atoms with Gasteiger partial charge in [0.1, 0.15) is 0 Å². The minimum Gasteiger partial charge on any atom is -0.547 e. The summed E-state index contributed by atoms with van der Waals surface area (Å²) in [6, 6.07) is 0. The van der Waals surface area contributed by atoms with Crippen LogP contribution in [-0.4, -0.2) is 32.1 Å². The molecule has 112 valence electrons. The lowest BCUT2D eigenvalue weighted by Gasteiger charge is -2.27. The van der Waals surface area contributed by atoms with Crippen molar-refractivity contribution < 1.29 is 19.1 Å². The number of ether oxygens (including phenoxy) is 1. The van der Waals surface area contributed by atoms with E-state index < -0.39 is 20.4 Å². The summed E-state index contributed by atoms with van der Waals surface area (Å²) in [4.78, 5) is 11.7. The van der Waals surface area contributed by atoms with E-state index in [0.29, 0.717) is 12.4 Å². The predicted molar refractivity (Wildman–Crippen MR) is 79.2 cm³/mol. The van der Waals surface area contributed by atoms with E-state index in [0.717, 1.165) is 12.8 Å². The number of rotatable bonds is 8. The van der Waals surface area contributed by atoms with Crippen LogP contribution >= 0.6 is 0 Å². The molecule has 1 N–H and O–H groups in total. The van der Waals surface area contributed by atoms with Crippen LogP contribution in [0.1, 0.15) is 33.6 Å². The number of unbranched alkanes of at least 4 members (excludes halogenated alkanes) is 1. The molecule has 2 atom stereocenters. The maximum absolute atomic E-state index is 11.7.